The van der Waals surface area contributed by atoms with Crippen LogP contribution in [0.1, 0.15) is 77.3 Å². The molecule has 0 aliphatic carbocycles. The van der Waals surface area contributed by atoms with E-state index in [1.807, 2.05) is 91.0 Å². The molecule has 6 N–H and O–H groups in total. The number of hydrogen-bond donors (Lipinski definition) is 5. The van der Waals surface area contributed by atoms with Crippen molar-refractivity contribution in [2.24, 2.45) is 22.7 Å². The predicted molar refractivity (Wildman–Crippen MR) is 275 cm³/mol. The molecule has 2 amide bonds. The average molecular weight is 925 g/mol. The Balaban J connectivity index is 0.828. The zero-order valence-corrected chi connectivity index (χ0v) is 39.0. The summed E-state index contributed by atoms with van der Waals surface area (Å²) >= 11 is 0.857. The van der Waals surface area contributed by atoms with Crippen molar-refractivity contribution in [2.45, 2.75) is 51.9 Å². The van der Waals surface area contributed by atoms with Crippen LogP contribution in [-0.4, -0.2) is 58.4 Å². The summed E-state index contributed by atoms with van der Waals surface area (Å²) in [4.78, 5) is 47.0. The zero-order valence-electron chi connectivity index (χ0n) is 38.2. The van der Waals surface area contributed by atoms with Gasteiger partial charge < -0.3 is 31.4 Å². The molecule has 2 aliphatic heterocycles. The maximum Gasteiger partial charge on any atom is 0.323 e. The van der Waals surface area contributed by atoms with Crippen LogP contribution in [0.4, 0.5) is 22.7 Å². The molecule has 9 rings (SSSR count). The van der Waals surface area contributed by atoms with Crippen LogP contribution in [-0.2, 0) is 6.42 Å². The Kier molecular flexibility index (Phi) is 14.1. The molecule has 2 fully saturated rings. The third kappa shape index (κ3) is 10.8. The number of H-pyrrole nitrogens is 1. The van der Waals surface area contributed by atoms with E-state index in [4.69, 9.17) is 5.73 Å². The van der Waals surface area contributed by atoms with Gasteiger partial charge in [0.25, 0.3) is 11.8 Å². The minimum atomic E-state index is -0.279. The van der Waals surface area contributed by atoms with Crippen LogP contribution in [0.3, 0.4) is 0 Å². The summed E-state index contributed by atoms with van der Waals surface area (Å²) in [6.45, 7) is 6.11. The summed E-state index contributed by atoms with van der Waals surface area (Å²) in [5, 5.41) is 18.8. The number of nitrogens with two attached hydrogens (primary N) is 1. The molecule has 0 spiro atoms. The molecule has 0 radical (unpaired) electrons. The summed E-state index contributed by atoms with van der Waals surface area (Å²) in [6.07, 6.45) is 7.70. The quantitative estimate of drug-likeness (QED) is 0.0311. The summed E-state index contributed by atoms with van der Waals surface area (Å²) in [7, 11) is 0. The number of rotatable bonds is 14. The minimum absolute atomic E-state index is 0.0863. The molecule has 7 aromatic rings. The van der Waals surface area contributed by atoms with E-state index in [-0.39, 0.29) is 22.5 Å². The second-order valence-corrected chi connectivity index (χ2v) is 18.8. The molecule has 1 aromatic heterocycles. The molecule has 0 saturated carbocycles. The first kappa shape index (κ1) is 45.6. The topological polar surface area (TPSA) is 169 Å². The first-order chi connectivity index (χ1) is 33.2. The second-order valence-electron chi connectivity index (χ2n) is 18.0. The highest BCUT2D eigenvalue weighted by Gasteiger charge is 2.23. The van der Waals surface area contributed by atoms with Crippen LogP contribution in [0, 0.1) is 11.8 Å². The standard InChI is InChI=1S/C55H56N8O4S/c1-36(29-37-23-27-63(28-24-37)46-18-10-16-44(33-46)53(64)57-49-34-41(39-12-4-2-5-13-39)19-21-47(49)51(56)60-67)30-38-11-8-14-40(31-38)42-20-22-48(52-59-55(66)68-61-52)50(35-42)58-54(65)43-15-9-17-45(32-43)62-25-6-3-7-26-62/h2,4-5,8-22,31-37,67H,3,6-7,23-30H2,1H3,(H2,56,60)(H,57,64)(H,58,65)(H,59,61,66)/t36-/m0/s1. The van der Waals surface area contributed by atoms with Crippen molar-refractivity contribution < 1.29 is 14.8 Å². The monoisotopic (exact) mass is 924 g/mol. The first-order valence-electron chi connectivity index (χ1n) is 23.5. The lowest BCUT2D eigenvalue weighted by molar-refractivity contribution is 0.101. The number of nitrogens with zero attached hydrogens (tertiary/aromatic N) is 4. The van der Waals surface area contributed by atoms with Crippen molar-refractivity contribution in [3.63, 3.8) is 0 Å². The Hall–Kier alpha value is -7.51. The van der Waals surface area contributed by atoms with Crippen molar-refractivity contribution in [2.75, 3.05) is 46.6 Å². The van der Waals surface area contributed by atoms with Crippen LogP contribution in [0.5, 0.6) is 0 Å². The maximum absolute atomic E-state index is 13.8. The number of amides is 2. The number of benzene rings is 6. The number of amidine groups is 1. The van der Waals surface area contributed by atoms with E-state index in [9.17, 15) is 19.6 Å². The van der Waals surface area contributed by atoms with E-state index in [1.165, 1.54) is 12.0 Å². The normalized spacial score (nSPS) is 14.9. The number of aromatic nitrogens is 2. The lowest BCUT2D eigenvalue weighted by atomic mass is 9.85. The smallest absolute Gasteiger partial charge is 0.323 e. The van der Waals surface area contributed by atoms with E-state index in [0.717, 1.165) is 110 Å². The van der Waals surface area contributed by atoms with Gasteiger partial charge in [-0.1, -0.05) is 90.9 Å². The van der Waals surface area contributed by atoms with Crippen molar-refractivity contribution in [1.82, 2.24) is 9.36 Å². The molecule has 346 valence electrons. The van der Waals surface area contributed by atoms with Crippen molar-refractivity contribution in [3.8, 4) is 33.6 Å². The number of piperidine rings is 2. The summed E-state index contributed by atoms with van der Waals surface area (Å²) < 4.78 is 4.35. The molecule has 6 aromatic carbocycles. The minimum Gasteiger partial charge on any atom is -0.409 e. The van der Waals surface area contributed by atoms with E-state index in [0.29, 0.717) is 51.3 Å². The number of carbonyl (C=O) groups is 2. The SMILES string of the molecule is C[C@H](Cc1cccc(-c2ccc(-c3nsc(=O)[nH]3)c(NC(=O)c3cccc(N4CCCCC4)c3)c2)c1)CC1CCN(c2cccc(C(=O)Nc3cc(-c4ccccc4)ccc3/C(N)=N/O)c2)CC1. The molecule has 3 heterocycles. The Morgan fingerprint density at radius 2 is 1.32 bits per heavy atom. The van der Waals surface area contributed by atoms with Gasteiger partial charge in [-0.3, -0.25) is 19.4 Å². The highest BCUT2D eigenvalue weighted by molar-refractivity contribution is 7.03. The number of carbonyl (C=O) groups excluding carboxylic acids is 2. The van der Waals surface area contributed by atoms with Gasteiger partial charge in [0.15, 0.2) is 11.7 Å². The van der Waals surface area contributed by atoms with Gasteiger partial charge in [-0.25, -0.2) is 0 Å². The van der Waals surface area contributed by atoms with Crippen LogP contribution >= 0.6 is 11.5 Å². The van der Waals surface area contributed by atoms with Crippen LogP contribution in [0.25, 0.3) is 33.6 Å². The van der Waals surface area contributed by atoms with Gasteiger partial charge in [-0.15, -0.1) is 0 Å². The molecular weight excluding hydrogens is 869 g/mol. The molecule has 1 atom stereocenters. The van der Waals surface area contributed by atoms with Gasteiger partial charge in [-0.2, -0.15) is 4.37 Å². The first-order valence-corrected chi connectivity index (χ1v) is 24.2. The van der Waals surface area contributed by atoms with E-state index >= 15 is 0 Å². The Morgan fingerprint density at radius 1 is 0.721 bits per heavy atom. The van der Waals surface area contributed by atoms with E-state index in [2.05, 4.69) is 78.3 Å². The number of anilines is 4. The van der Waals surface area contributed by atoms with Gasteiger partial charge in [0.2, 0.25) is 0 Å². The largest absolute Gasteiger partial charge is 0.409 e. The van der Waals surface area contributed by atoms with Gasteiger partial charge in [0.1, 0.15) is 0 Å². The molecule has 0 bridgehead atoms. The zero-order chi connectivity index (χ0) is 47.0. The van der Waals surface area contributed by atoms with Crippen molar-refractivity contribution >= 4 is 51.9 Å². The third-order valence-electron chi connectivity index (χ3n) is 13.2. The second kappa shape index (κ2) is 21.0. The number of oxime groups is 1. The van der Waals surface area contributed by atoms with Gasteiger partial charge in [0.05, 0.1) is 11.4 Å². The highest BCUT2D eigenvalue weighted by atomic mass is 32.1. The molecular formula is C55H56N8O4S. The van der Waals surface area contributed by atoms with E-state index in [1.54, 1.807) is 12.1 Å². The molecule has 2 saturated heterocycles. The fraction of sp³-hybridized carbons (Fsp3) is 0.255. The fourth-order valence-electron chi connectivity index (χ4n) is 9.70. The Bertz CT molecular complexity index is 2990. The molecule has 68 heavy (non-hydrogen) atoms. The number of hydrogen-bond acceptors (Lipinski definition) is 9. The highest BCUT2D eigenvalue weighted by Crippen LogP contribution is 2.34. The van der Waals surface area contributed by atoms with Crippen LogP contribution < -0.4 is 31.0 Å². The molecule has 12 nitrogen and oxygen atoms in total. The lowest BCUT2D eigenvalue weighted by Gasteiger charge is -2.35. The third-order valence-corrected chi connectivity index (χ3v) is 13.8. The summed E-state index contributed by atoms with van der Waals surface area (Å²) in [5.74, 6) is 0.883. The average Bonchev–Trinajstić information content (AvgIpc) is 3.82. The van der Waals surface area contributed by atoms with Gasteiger partial charge >= 0.3 is 4.87 Å². The van der Waals surface area contributed by atoms with Crippen LogP contribution in [0.15, 0.2) is 149 Å². The van der Waals surface area contributed by atoms with Gasteiger partial charge in [-0.05, 0) is 145 Å². The van der Waals surface area contributed by atoms with Crippen LogP contribution in [0.2, 0.25) is 0 Å². The molecule has 2 aliphatic rings. The maximum atomic E-state index is 13.8. The van der Waals surface area contributed by atoms with Crippen molar-refractivity contribution in [3.05, 3.63) is 171 Å². The summed E-state index contributed by atoms with van der Waals surface area (Å²) in [5.41, 5.74) is 16.4. The van der Waals surface area contributed by atoms with E-state index < -0.39 is 0 Å². The van der Waals surface area contributed by atoms with Gasteiger partial charge in [0, 0.05) is 71.3 Å². The van der Waals surface area contributed by atoms with Crippen molar-refractivity contribution in [1.29, 1.82) is 0 Å². The summed E-state index contributed by atoms with van der Waals surface area (Å²) in [6, 6.07) is 45.4. The number of nitrogens with one attached hydrogen (secondary N) is 3. The fourth-order valence-corrected chi connectivity index (χ4v) is 10.2. The number of aromatic amines is 1. The lowest BCUT2D eigenvalue weighted by Crippen LogP contribution is -2.34. The predicted octanol–water partition coefficient (Wildman–Crippen LogP) is 10.9. The molecule has 0 unspecified atom stereocenters. The Morgan fingerprint density at radius 3 is 2.00 bits per heavy atom. The molecule has 13 heteroatoms. The Labute approximate surface area is 400 Å².